The molecule has 16 heavy (non-hydrogen) atoms. The van der Waals surface area contributed by atoms with Crippen LogP contribution in [0.5, 0.6) is 0 Å². The summed E-state index contributed by atoms with van der Waals surface area (Å²) in [6.07, 6.45) is 2.70. The Morgan fingerprint density at radius 1 is 1.50 bits per heavy atom. The first kappa shape index (κ1) is 13.0. The molecule has 0 unspecified atom stereocenters. The Hall–Kier alpha value is -1.10. The summed E-state index contributed by atoms with van der Waals surface area (Å²) in [5.74, 6) is 0. The van der Waals surface area contributed by atoms with E-state index in [4.69, 9.17) is 0 Å². The fourth-order valence-corrected chi connectivity index (χ4v) is 2.00. The smallest absolute Gasteiger partial charge is 0.315 e. The number of hydrogen-bond acceptors (Lipinski definition) is 3. The molecule has 1 aromatic heterocycles. The van der Waals surface area contributed by atoms with Crippen LogP contribution < -0.4 is 10.6 Å². The molecule has 0 saturated heterocycles. The van der Waals surface area contributed by atoms with Crippen LogP contribution in [0.15, 0.2) is 6.20 Å². The molecular weight excluding hydrogens is 222 g/mol. The molecule has 90 valence electrons. The third kappa shape index (κ3) is 5.11. The number of amides is 2. The van der Waals surface area contributed by atoms with Crippen molar-refractivity contribution in [2.45, 2.75) is 39.7 Å². The second kappa shape index (κ2) is 5.30. The van der Waals surface area contributed by atoms with Crippen molar-refractivity contribution in [3.63, 3.8) is 0 Å². The number of hydrogen-bond donors (Lipinski definition) is 2. The standard InChI is InChI=1S/C11H19N3OS/c1-8-13-7-9(16-8)5-6-12-10(15)14-11(2,3)4/h7H,5-6H2,1-4H3,(H2,12,14,15). The second-order valence-electron chi connectivity index (χ2n) is 4.73. The minimum Gasteiger partial charge on any atom is -0.338 e. The highest BCUT2D eigenvalue weighted by atomic mass is 32.1. The van der Waals surface area contributed by atoms with Crippen LogP contribution in [0.4, 0.5) is 4.79 Å². The van der Waals surface area contributed by atoms with Crippen LogP contribution in [0.1, 0.15) is 30.7 Å². The highest BCUT2D eigenvalue weighted by Crippen LogP contribution is 2.11. The summed E-state index contributed by atoms with van der Waals surface area (Å²) in [6.45, 7) is 8.49. The number of rotatable bonds is 3. The maximum absolute atomic E-state index is 11.4. The topological polar surface area (TPSA) is 54.0 Å². The molecule has 1 aromatic rings. The molecule has 1 rings (SSSR count). The van der Waals surface area contributed by atoms with Gasteiger partial charge in [-0.15, -0.1) is 11.3 Å². The van der Waals surface area contributed by atoms with Crippen LogP contribution in [0, 0.1) is 6.92 Å². The number of thiazole rings is 1. The van der Waals surface area contributed by atoms with Crippen LogP contribution in [-0.4, -0.2) is 23.1 Å². The summed E-state index contributed by atoms with van der Waals surface area (Å²) in [5, 5.41) is 6.74. The first-order chi connectivity index (χ1) is 7.37. The van der Waals surface area contributed by atoms with Crippen molar-refractivity contribution < 1.29 is 4.79 Å². The molecule has 0 aliphatic heterocycles. The van der Waals surface area contributed by atoms with Gasteiger partial charge >= 0.3 is 6.03 Å². The van der Waals surface area contributed by atoms with Crippen LogP contribution in [0.3, 0.4) is 0 Å². The molecular formula is C11H19N3OS. The van der Waals surface area contributed by atoms with Gasteiger partial charge in [0.2, 0.25) is 0 Å². The minimum absolute atomic E-state index is 0.117. The molecule has 2 amide bonds. The number of aryl methyl sites for hydroxylation is 1. The van der Waals surface area contributed by atoms with Crippen molar-refractivity contribution in [2.24, 2.45) is 0 Å². The molecule has 0 aliphatic carbocycles. The Labute approximate surface area is 100 Å². The zero-order chi connectivity index (χ0) is 12.2. The Bertz CT molecular complexity index is 354. The molecule has 2 N–H and O–H groups in total. The Morgan fingerprint density at radius 3 is 2.69 bits per heavy atom. The molecule has 5 heteroatoms. The molecule has 0 saturated carbocycles. The third-order valence-corrected chi connectivity index (χ3v) is 2.79. The molecule has 0 radical (unpaired) electrons. The quantitative estimate of drug-likeness (QED) is 0.851. The van der Waals surface area contributed by atoms with Gasteiger partial charge in [0, 0.05) is 29.6 Å². The highest BCUT2D eigenvalue weighted by molar-refractivity contribution is 7.11. The summed E-state index contributed by atoms with van der Waals surface area (Å²) >= 11 is 1.67. The van der Waals surface area contributed by atoms with Crippen molar-refractivity contribution in [1.29, 1.82) is 0 Å². The average molecular weight is 241 g/mol. The number of urea groups is 1. The van der Waals surface area contributed by atoms with E-state index >= 15 is 0 Å². The van der Waals surface area contributed by atoms with Crippen molar-refractivity contribution in [3.8, 4) is 0 Å². The highest BCUT2D eigenvalue weighted by Gasteiger charge is 2.12. The van der Waals surface area contributed by atoms with E-state index in [1.165, 1.54) is 4.88 Å². The average Bonchev–Trinajstić information content (AvgIpc) is 2.48. The SMILES string of the molecule is Cc1ncc(CCNC(=O)NC(C)(C)C)s1. The molecule has 0 aromatic carbocycles. The first-order valence-corrected chi connectivity index (χ1v) is 6.16. The monoisotopic (exact) mass is 241 g/mol. The predicted molar refractivity (Wildman–Crippen MR) is 66.8 cm³/mol. The molecule has 0 fully saturated rings. The summed E-state index contributed by atoms with van der Waals surface area (Å²) in [4.78, 5) is 16.8. The van der Waals surface area contributed by atoms with Gasteiger partial charge in [0.25, 0.3) is 0 Å². The van der Waals surface area contributed by atoms with Crippen molar-refractivity contribution in [3.05, 3.63) is 16.1 Å². The molecule has 0 spiro atoms. The molecule has 1 heterocycles. The summed E-state index contributed by atoms with van der Waals surface area (Å²) in [5.41, 5.74) is -0.189. The van der Waals surface area contributed by atoms with Crippen LogP contribution in [0.25, 0.3) is 0 Å². The van der Waals surface area contributed by atoms with Gasteiger partial charge in [0.1, 0.15) is 0 Å². The largest absolute Gasteiger partial charge is 0.338 e. The van der Waals surface area contributed by atoms with Crippen molar-refractivity contribution >= 4 is 17.4 Å². The van der Waals surface area contributed by atoms with Crippen LogP contribution in [0.2, 0.25) is 0 Å². The Balaban J connectivity index is 2.23. The molecule has 0 atom stereocenters. The fraction of sp³-hybridized carbons (Fsp3) is 0.636. The fourth-order valence-electron chi connectivity index (χ4n) is 1.20. The molecule has 4 nitrogen and oxygen atoms in total. The number of nitrogens with zero attached hydrogens (tertiary/aromatic N) is 1. The lowest BCUT2D eigenvalue weighted by atomic mass is 10.1. The van der Waals surface area contributed by atoms with E-state index in [1.807, 2.05) is 33.9 Å². The summed E-state index contributed by atoms with van der Waals surface area (Å²) in [6, 6.07) is -0.117. The van der Waals surface area contributed by atoms with E-state index in [9.17, 15) is 4.79 Å². The number of aromatic nitrogens is 1. The third-order valence-electron chi connectivity index (χ3n) is 1.81. The van der Waals surface area contributed by atoms with Gasteiger partial charge in [0.15, 0.2) is 0 Å². The van der Waals surface area contributed by atoms with E-state index in [2.05, 4.69) is 15.6 Å². The maximum Gasteiger partial charge on any atom is 0.315 e. The second-order valence-corrected chi connectivity index (χ2v) is 6.05. The maximum atomic E-state index is 11.4. The van der Waals surface area contributed by atoms with Gasteiger partial charge in [-0.05, 0) is 27.7 Å². The lowest BCUT2D eigenvalue weighted by Gasteiger charge is -2.20. The van der Waals surface area contributed by atoms with Gasteiger partial charge in [-0.3, -0.25) is 0 Å². The van der Waals surface area contributed by atoms with Crippen molar-refractivity contribution in [2.75, 3.05) is 6.54 Å². The van der Waals surface area contributed by atoms with Gasteiger partial charge in [-0.2, -0.15) is 0 Å². The normalized spacial score (nSPS) is 11.2. The lowest BCUT2D eigenvalue weighted by molar-refractivity contribution is 0.232. The zero-order valence-electron chi connectivity index (χ0n) is 10.3. The summed E-state index contributed by atoms with van der Waals surface area (Å²) < 4.78 is 0. The van der Waals surface area contributed by atoms with E-state index < -0.39 is 0 Å². The van der Waals surface area contributed by atoms with Gasteiger partial charge < -0.3 is 10.6 Å². The predicted octanol–water partition coefficient (Wildman–Crippen LogP) is 2.09. The number of nitrogens with one attached hydrogen (secondary N) is 2. The number of carbonyl (C=O) groups excluding carboxylic acids is 1. The van der Waals surface area contributed by atoms with E-state index in [0.717, 1.165) is 11.4 Å². The van der Waals surface area contributed by atoms with Gasteiger partial charge in [-0.25, -0.2) is 9.78 Å². The Kier molecular flexibility index (Phi) is 4.29. The van der Waals surface area contributed by atoms with Crippen LogP contribution >= 0.6 is 11.3 Å². The lowest BCUT2D eigenvalue weighted by Crippen LogP contribution is -2.46. The number of carbonyl (C=O) groups is 1. The zero-order valence-corrected chi connectivity index (χ0v) is 11.1. The first-order valence-electron chi connectivity index (χ1n) is 5.34. The summed E-state index contributed by atoms with van der Waals surface area (Å²) in [7, 11) is 0. The van der Waals surface area contributed by atoms with E-state index in [-0.39, 0.29) is 11.6 Å². The molecule has 0 aliphatic rings. The molecule has 0 bridgehead atoms. The Morgan fingerprint density at radius 2 is 2.19 bits per heavy atom. The van der Waals surface area contributed by atoms with Gasteiger partial charge in [0.05, 0.1) is 5.01 Å². The van der Waals surface area contributed by atoms with Gasteiger partial charge in [-0.1, -0.05) is 0 Å². The minimum atomic E-state index is -0.189. The van der Waals surface area contributed by atoms with E-state index in [0.29, 0.717) is 6.54 Å². The van der Waals surface area contributed by atoms with Crippen LogP contribution in [-0.2, 0) is 6.42 Å². The van der Waals surface area contributed by atoms with E-state index in [1.54, 1.807) is 11.3 Å². The van der Waals surface area contributed by atoms with Crippen molar-refractivity contribution in [1.82, 2.24) is 15.6 Å².